The van der Waals surface area contributed by atoms with E-state index in [-0.39, 0.29) is 17.7 Å². The number of nitrogens with zero attached hydrogens (tertiary/aromatic N) is 3. The molecule has 4 rings (SSSR count). The molecule has 0 atom stereocenters. The first kappa shape index (κ1) is 23.4. The molecule has 2 aromatic carbocycles. The molecule has 0 unspecified atom stereocenters. The van der Waals surface area contributed by atoms with E-state index in [9.17, 15) is 18.0 Å². The van der Waals surface area contributed by atoms with Crippen molar-refractivity contribution in [1.29, 1.82) is 0 Å². The third-order valence-electron chi connectivity index (χ3n) is 6.67. The predicted octanol–water partition coefficient (Wildman–Crippen LogP) is 2.63. The first-order valence-electron chi connectivity index (χ1n) is 11.6. The number of hydrogen-bond acceptors (Lipinski definition) is 4. The van der Waals surface area contributed by atoms with Crippen molar-refractivity contribution in [3.8, 4) is 0 Å². The number of piperazine rings is 1. The van der Waals surface area contributed by atoms with Gasteiger partial charge in [-0.2, -0.15) is 4.31 Å². The second-order valence-corrected chi connectivity index (χ2v) is 10.6. The fourth-order valence-electron chi connectivity index (χ4n) is 4.54. The molecule has 0 aromatic heterocycles. The van der Waals surface area contributed by atoms with Crippen LogP contribution >= 0.6 is 0 Å². The van der Waals surface area contributed by atoms with Gasteiger partial charge in [-0.1, -0.05) is 37.3 Å². The quantitative estimate of drug-likeness (QED) is 0.675. The lowest BCUT2D eigenvalue weighted by atomic mass is 9.96. The normalized spacial score (nSPS) is 18.3. The summed E-state index contributed by atoms with van der Waals surface area (Å²) in [4.78, 5) is 29.8. The van der Waals surface area contributed by atoms with Crippen LogP contribution < -0.4 is 0 Å². The van der Waals surface area contributed by atoms with Crippen LogP contribution in [-0.4, -0.2) is 73.6 Å². The number of hydrogen-bond donors (Lipinski definition) is 0. The fourth-order valence-corrected chi connectivity index (χ4v) is 6.03. The second-order valence-electron chi connectivity index (χ2n) is 8.66. The Hall–Kier alpha value is -2.71. The van der Waals surface area contributed by atoms with Crippen molar-refractivity contribution in [2.45, 2.75) is 31.1 Å². The van der Waals surface area contributed by atoms with Crippen molar-refractivity contribution in [3.05, 3.63) is 65.7 Å². The van der Waals surface area contributed by atoms with E-state index in [1.54, 1.807) is 35.2 Å². The summed E-state index contributed by atoms with van der Waals surface area (Å²) in [6.45, 7) is 4.84. The summed E-state index contributed by atoms with van der Waals surface area (Å²) in [7, 11) is -3.52. The van der Waals surface area contributed by atoms with E-state index in [1.165, 1.54) is 9.87 Å². The molecule has 2 aliphatic heterocycles. The molecule has 0 bridgehead atoms. The van der Waals surface area contributed by atoms with Gasteiger partial charge in [0.1, 0.15) is 0 Å². The van der Waals surface area contributed by atoms with Crippen LogP contribution in [0.5, 0.6) is 0 Å². The monoisotopic (exact) mass is 469 g/mol. The molecule has 2 saturated heterocycles. The Morgan fingerprint density at radius 3 is 1.97 bits per heavy atom. The zero-order valence-corrected chi connectivity index (χ0v) is 19.8. The number of benzene rings is 2. The van der Waals surface area contributed by atoms with Gasteiger partial charge < -0.3 is 9.80 Å². The molecular weight excluding hydrogens is 438 g/mol. The Labute approximate surface area is 196 Å². The summed E-state index contributed by atoms with van der Waals surface area (Å²) in [5, 5.41) is 0. The number of carbonyl (C=O) groups is 2. The summed E-state index contributed by atoms with van der Waals surface area (Å²) in [6, 6.07) is 16.1. The lowest BCUT2D eigenvalue weighted by Gasteiger charge is -2.38. The minimum absolute atomic E-state index is 0.00387. The number of aryl methyl sites for hydroxylation is 1. The van der Waals surface area contributed by atoms with E-state index >= 15 is 0 Å². The molecule has 0 aliphatic carbocycles. The summed E-state index contributed by atoms with van der Waals surface area (Å²) in [5.41, 5.74) is 1.88. The summed E-state index contributed by atoms with van der Waals surface area (Å²) in [6.07, 6.45) is 1.98. The van der Waals surface area contributed by atoms with E-state index < -0.39 is 10.0 Å². The van der Waals surface area contributed by atoms with Crippen molar-refractivity contribution in [1.82, 2.24) is 14.1 Å². The summed E-state index contributed by atoms with van der Waals surface area (Å²) >= 11 is 0. The standard InChI is InChI=1S/C25H31N3O4S/c1-2-20-8-10-21(11-9-20)24(29)26-16-18-27(19-17-26)25(30)22-12-14-28(15-13-22)33(31,32)23-6-4-3-5-7-23/h3-11,22H,2,12-19H2,1H3. The van der Waals surface area contributed by atoms with Gasteiger partial charge in [0.15, 0.2) is 0 Å². The summed E-state index contributed by atoms with van der Waals surface area (Å²) < 4.78 is 27.1. The third kappa shape index (κ3) is 5.12. The molecule has 7 nitrogen and oxygen atoms in total. The third-order valence-corrected chi connectivity index (χ3v) is 8.58. The fraction of sp³-hybridized carbons (Fsp3) is 0.440. The van der Waals surface area contributed by atoms with Crippen LogP contribution in [0.1, 0.15) is 35.7 Å². The van der Waals surface area contributed by atoms with Gasteiger partial charge in [-0.15, -0.1) is 0 Å². The second kappa shape index (κ2) is 10.1. The van der Waals surface area contributed by atoms with Crippen molar-refractivity contribution in [2.24, 2.45) is 5.92 Å². The Balaban J connectivity index is 1.28. The van der Waals surface area contributed by atoms with Gasteiger partial charge in [0.2, 0.25) is 15.9 Å². The number of amides is 2. The first-order chi connectivity index (χ1) is 15.9. The highest BCUT2D eigenvalue weighted by molar-refractivity contribution is 7.89. The van der Waals surface area contributed by atoms with E-state index in [0.29, 0.717) is 62.6 Å². The summed E-state index contributed by atoms with van der Waals surface area (Å²) in [5.74, 6) is -0.0913. The van der Waals surface area contributed by atoms with E-state index in [1.807, 2.05) is 29.2 Å². The SMILES string of the molecule is CCc1ccc(C(=O)N2CCN(C(=O)C3CCN(S(=O)(=O)c4ccccc4)CC3)CC2)cc1. The highest BCUT2D eigenvalue weighted by Crippen LogP contribution is 2.25. The Kier molecular flexibility index (Phi) is 7.14. The molecular formula is C25H31N3O4S. The topological polar surface area (TPSA) is 78.0 Å². The molecule has 8 heteroatoms. The molecule has 0 saturated carbocycles. The highest BCUT2D eigenvalue weighted by Gasteiger charge is 2.35. The molecule has 2 heterocycles. The van der Waals surface area contributed by atoms with Gasteiger partial charge in [-0.3, -0.25) is 9.59 Å². The smallest absolute Gasteiger partial charge is 0.253 e. The zero-order chi connectivity index (χ0) is 23.4. The van der Waals surface area contributed by atoms with Crippen LogP contribution in [0.4, 0.5) is 0 Å². The molecule has 0 N–H and O–H groups in total. The van der Waals surface area contributed by atoms with E-state index in [0.717, 1.165) is 6.42 Å². The predicted molar refractivity (Wildman–Crippen MR) is 126 cm³/mol. The molecule has 0 radical (unpaired) electrons. The maximum absolute atomic E-state index is 13.1. The van der Waals surface area contributed by atoms with Crippen LogP contribution in [0.3, 0.4) is 0 Å². The van der Waals surface area contributed by atoms with Gasteiger partial charge in [-0.05, 0) is 49.1 Å². The maximum Gasteiger partial charge on any atom is 0.253 e. The minimum atomic E-state index is -3.52. The molecule has 2 amide bonds. The average molecular weight is 470 g/mol. The van der Waals surface area contributed by atoms with Crippen molar-refractivity contribution in [3.63, 3.8) is 0 Å². The highest BCUT2D eigenvalue weighted by atomic mass is 32.2. The van der Waals surface area contributed by atoms with Gasteiger partial charge in [-0.25, -0.2) is 8.42 Å². The lowest BCUT2D eigenvalue weighted by Crippen LogP contribution is -2.53. The Morgan fingerprint density at radius 2 is 1.39 bits per heavy atom. The van der Waals surface area contributed by atoms with Crippen molar-refractivity contribution < 1.29 is 18.0 Å². The molecule has 33 heavy (non-hydrogen) atoms. The number of piperidine rings is 1. The average Bonchev–Trinajstić information content (AvgIpc) is 2.88. The van der Waals surface area contributed by atoms with Gasteiger partial charge in [0.05, 0.1) is 4.90 Å². The van der Waals surface area contributed by atoms with E-state index in [4.69, 9.17) is 0 Å². The Bertz CT molecular complexity index is 1070. The zero-order valence-electron chi connectivity index (χ0n) is 19.0. The number of carbonyl (C=O) groups excluding carboxylic acids is 2. The molecule has 176 valence electrons. The van der Waals surface area contributed by atoms with Crippen LogP contribution in [0.2, 0.25) is 0 Å². The van der Waals surface area contributed by atoms with Crippen molar-refractivity contribution in [2.75, 3.05) is 39.3 Å². The van der Waals surface area contributed by atoms with Gasteiger partial charge >= 0.3 is 0 Å². The molecule has 0 spiro atoms. The van der Waals surface area contributed by atoms with Crippen LogP contribution in [0.15, 0.2) is 59.5 Å². The molecule has 2 aromatic rings. The Morgan fingerprint density at radius 1 is 0.818 bits per heavy atom. The van der Waals surface area contributed by atoms with E-state index in [2.05, 4.69) is 6.92 Å². The van der Waals surface area contributed by atoms with Crippen LogP contribution in [0, 0.1) is 5.92 Å². The maximum atomic E-state index is 13.1. The lowest BCUT2D eigenvalue weighted by molar-refractivity contribution is -0.138. The molecule has 2 fully saturated rings. The van der Waals surface area contributed by atoms with Gasteiger partial charge in [0, 0.05) is 50.7 Å². The largest absolute Gasteiger partial charge is 0.339 e. The minimum Gasteiger partial charge on any atom is -0.339 e. The van der Waals surface area contributed by atoms with Crippen molar-refractivity contribution >= 4 is 21.8 Å². The molecule has 2 aliphatic rings. The number of rotatable bonds is 5. The first-order valence-corrected chi connectivity index (χ1v) is 13.1. The van der Waals surface area contributed by atoms with Crippen LogP contribution in [-0.2, 0) is 21.2 Å². The van der Waals surface area contributed by atoms with Gasteiger partial charge in [0.25, 0.3) is 5.91 Å². The van der Waals surface area contributed by atoms with Crippen LogP contribution in [0.25, 0.3) is 0 Å². The number of sulfonamides is 1.